The number of rotatable bonds is 6. The molecule has 0 aromatic carbocycles. The zero-order valence-corrected chi connectivity index (χ0v) is 11.2. The number of amides is 1. The van der Waals surface area contributed by atoms with Crippen molar-refractivity contribution in [3.8, 4) is 0 Å². The van der Waals surface area contributed by atoms with Gasteiger partial charge >= 0.3 is 5.69 Å². The zero-order chi connectivity index (χ0) is 14.4. The second-order valence-electron chi connectivity index (χ2n) is 4.41. The molecule has 4 N–H and O–H groups in total. The number of aromatic amines is 2. The van der Waals surface area contributed by atoms with Gasteiger partial charge in [0.1, 0.15) is 11.5 Å². The van der Waals surface area contributed by atoms with E-state index in [1.165, 1.54) is 6.20 Å². The van der Waals surface area contributed by atoms with Gasteiger partial charge < -0.3 is 20.6 Å². The van der Waals surface area contributed by atoms with Crippen LogP contribution in [0.5, 0.6) is 0 Å². The average molecular weight is 275 g/mol. The van der Waals surface area contributed by atoms with E-state index in [1.54, 1.807) is 6.20 Å². The number of nitrogens with one attached hydrogen (secondary N) is 4. The highest BCUT2D eigenvalue weighted by Gasteiger charge is 2.06. The summed E-state index contributed by atoms with van der Waals surface area (Å²) in [4.78, 5) is 31.4. The molecular formula is C13H17N5O2. The van der Waals surface area contributed by atoms with E-state index in [0.29, 0.717) is 13.1 Å². The molecule has 7 nitrogen and oxygen atoms in total. The van der Waals surface area contributed by atoms with Crippen LogP contribution in [0.25, 0.3) is 0 Å². The van der Waals surface area contributed by atoms with Gasteiger partial charge in [-0.1, -0.05) is 6.07 Å². The van der Waals surface area contributed by atoms with Gasteiger partial charge in [0.05, 0.1) is 0 Å². The van der Waals surface area contributed by atoms with E-state index in [9.17, 15) is 9.59 Å². The highest BCUT2D eigenvalue weighted by molar-refractivity contribution is 5.91. The molecule has 2 rings (SSSR count). The van der Waals surface area contributed by atoms with E-state index in [2.05, 4.69) is 25.6 Å². The molecule has 2 aromatic rings. The maximum atomic E-state index is 11.6. The zero-order valence-electron chi connectivity index (χ0n) is 11.2. The molecule has 0 saturated carbocycles. The number of anilines is 1. The molecule has 2 aromatic heterocycles. The van der Waals surface area contributed by atoms with Gasteiger partial charge in [-0.15, -0.1) is 0 Å². The van der Waals surface area contributed by atoms with Crippen molar-refractivity contribution in [1.82, 2.24) is 20.3 Å². The molecular weight excluding hydrogens is 258 g/mol. The molecule has 20 heavy (non-hydrogen) atoms. The van der Waals surface area contributed by atoms with Crippen LogP contribution in [0.15, 0.2) is 29.3 Å². The monoisotopic (exact) mass is 275 g/mol. The molecule has 0 spiro atoms. The summed E-state index contributed by atoms with van der Waals surface area (Å²) in [5.74, 6) is 0.522. The van der Waals surface area contributed by atoms with Gasteiger partial charge in [0, 0.05) is 25.5 Å². The van der Waals surface area contributed by atoms with Crippen molar-refractivity contribution < 1.29 is 4.79 Å². The molecule has 0 aliphatic heterocycles. The standard InChI is InChI=1S/C13H17N5O2/c1-9-3-4-11(16-7-9)14-5-2-6-15-12(19)10-8-17-13(20)18-10/h3-4,7-8H,2,5-6H2,1H3,(H,14,16)(H,15,19)(H2,17,18,20). The van der Waals surface area contributed by atoms with Crippen molar-refractivity contribution in [3.63, 3.8) is 0 Å². The number of hydrogen-bond donors (Lipinski definition) is 4. The molecule has 0 bridgehead atoms. The summed E-state index contributed by atoms with van der Waals surface area (Å²) in [6.07, 6.45) is 3.91. The maximum absolute atomic E-state index is 11.6. The highest BCUT2D eigenvalue weighted by Crippen LogP contribution is 2.03. The first-order chi connectivity index (χ1) is 9.65. The van der Waals surface area contributed by atoms with Crippen molar-refractivity contribution in [2.75, 3.05) is 18.4 Å². The van der Waals surface area contributed by atoms with Gasteiger partial charge in [-0.2, -0.15) is 0 Å². The van der Waals surface area contributed by atoms with Crippen LogP contribution in [0, 0.1) is 6.92 Å². The van der Waals surface area contributed by atoms with Crippen LogP contribution < -0.4 is 16.3 Å². The fourth-order valence-corrected chi connectivity index (χ4v) is 1.63. The summed E-state index contributed by atoms with van der Waals surface area (Å²) in [7, 11) is 0. The number of pyridine rings is 1. The minimum atomic E-state index is -0.387. The van der Waals surface area contributed by atoms with Crippen molar-refractivity contribution in [2.24, 2.45) is 0 Å². The lowest BCUT2D eigenvalue weighted by Crippen LogP contribution is -2.26. The third kappa shape index (κ3) is 3.98. The van der Waals surface area contributed by atoms with Gasteiger partial charge in [-0.25, -0.2) is 9.78 Å². The summed E-state index contributed by atoms with van der Waals surface area (Å²) in [5.41, 5.74) is 0.966. The minimum Gasteiger partial charge on any atom is -0.370 e. The number of hydrogen-bond acceptors (Lipinski definition) is 4. The third-order valence-corrected chi connectivity index (χ3v) is 2.70. The molecule has 0 fully saturated rings. The van der Waals surface area contributed by atoms with E-state index in [0.717, 1.165) is 17.8 Å². The van der Waals surface area contributed by atoms with E-state index < -0.39 is 0 Å². The first-order valence-corrected chi connectivity index (χ1v) is 6.37. The Labute approximate surface area is 115 Å². The number of nitrogens with zero attached hydrogens (tertiary/aromatic N) is 1. The van der Waals surface area contributed by atoms with Crippen molar-refractivity contribution in [2.45, 2.75) is 13.3 Å². The summed E-state index contributed by atoms with van der Waals surface area (Å²) in [6.45, 7) is 3.21. The molecule has 0 radical (unpaired) electrons. The second-order valence-corrected chi connectivity index (χ2v) is 4.41. The van der Waals surface area contributed by atoms with Crippen molar-refractivity contribution >= 4 is 11.7 Å². The lowest BCUT2D eigenvalue weighted by molar-refractivity contribution is 0.0949. The van der Waals surface area contributed by atoms with E-state index in [-0.39, 0.29) is 17.3 Å². The normalized spacial score (nSPS) is 10.2. The molecule has 0 unspecified atom stereocenters. The Morgan fingerprint density at radius 1 is 1.35 bits per heavy atom. The number of aromatic nitrogens is 3. The lowest BCUT2D eigenvalue weighted by Gasteiger charge is -2.06. The number of H-pyrrole nitrogens is 2. The summed E-state index contributed by atoms with van der Waals surface area (Å²) >= 11 is 0. The third-order valence-electron chi connectivity index (χ3n) is 2.70. The number of imidazole rings is 1. The van der Waals surface area contributed by atoms with Crippen LogP contribution in [0.2, 0.25) is 0 Å². The first kappa shape index (κ1) is 13.9. The smallest absolute Gasteiger partial charge is 0.323 e. The summed E-state index contributed by atoms with van der Waals surface area (Å²) < 4.78 is 0. The second kappa shape index (κ2) is 6.55. The molecule has 0 saturated heterocycles. The van der Waals surface area contributed by atoms with Gasteiger partial charge in [0.15, 0.2) is 0 Å². The molecule has 2 heterocycles. The predicted molar refractivity (Wildman–Crippen MR) is 75.8 cm³/mol. The average Bonchev–Trinajstić information content (AvgIpc) is 2.87. The fraction of sp³-hybridized carbons (Fsp3) is 0.308. The van der Waals surface area contributed by atoms with Crippen LogP contribution in [0.4, 0.5) is 5.82 Å². The van der Waals surface area contributed by atoms with Crippen LogP contribution in [0.1, 0.15) is 22.5 Å². The predicted octanol–water partition coefficient (Wildman–Crippen LogP) is 0.638. The molecule has 0 aliphatic rings. The van der Waals surface area contributed by atoms with Gasteiger partial charge in [0.25, 0.3) is 5.91 Å². The Bertz CT molecular complexity index is 614. The lowest BCUT2D eigenvalue weighted by atomic mass is 10.3. The molecule has 0 atom stereocenters. The molecule has 0 aliphatic carbocycles. The van der Waals surface area contributed by atoms with Gasteiger partial charge in [-0.3, -0.25) is 4.79 Å². The van der Waals surface area contributed by atoms with E-state index in [4.69, 9.17) is 0 Å². The summed E-state index contributed by atoms with van der Waals surface area (Å²) in [5, 5.41) is 5.88. The Morgan fingerprint density at radius 3 is 2.85 bits per heavy atom. The fourth-order valence-electron chi connectivity index (χ4n) is 1.63. The number of aryl methyl sites for hydroxylation is 1. The van der Waals surface area contributed by atoms with Crippen LogP contribution in [-0.4, -0.2) is 33.9 Å². The quantitative estimate of drug-likeness (QED) is 0.581. The van der Waals surface area contributed by atoms with Crippen LogP contribution >= 0.6 is 0 Å². The maximum Gasteiger partial charge on any atom is 0.323 e. The topological polar surface area (TPSA) is 103 Å². The largest absolute Gasteiger partial charge is 0.370 e. The Hall–Kier alpha value is -2.57. The molecule has 1 amide bonds. The van der Waals surface area contributed by atoms with Crippen LogP contribution in [0.3, 0.4) is 0 Å². The molecule has 7 heteroatoms. The van der Waals surface area contributed by atoms with Crippen molar-refractivity contribution in [3.05, 3.63) is 46.3 Å². The molecule has 106 valence electrons. The SMILES string of the molecule is Cc1ccc(NCCCNC(=O)c2c[nH]c(=O)[nH]2)nc1. The Kier molecular flexibility index (Phi) is 4.54. The first-order valence-electron chi connectivity index (χ1n) is 6.37. The van der Waals surface area contributed by atoms with Gasteiger partial charge in [-0.05, 0) is 25.0 Å². The van der Waals surface area contributed by atoms with E-state index in [1.807, 2.05) is 19.1 Å². The van der Waals surface area contributed by atoms with E-state index >= 15 is 0 Å². The van der Waals surface area contributed by atoms with Crippen LogP contribution in [-0.2, 0) is 0 Å². The van der Waals surface area contributed by atoms with Crippen molar-refractivity contribution in [1.29, 1.82) is 0 Å². The van der Waals surface area contributed by atoms with Gasteiger partial charge in [0.2, 0.25) is 0 Å². The Morgan fingerprint density at radius 2 is 2.20 bits per heavy atom. The Balaban J connectivity index is 1.65. The highest BCUT2D eigenvalue weighted by atomic mass is 16.2. The minimum absolute atomic E-state index is 0.239. The number of carbonyl (C=O) groups is 1. The summed E-state index contributed by atoms with van der Waals surface area (Å²) in [6, 6.07) is 3.90. The number of carbonyl (C=O) groups excluding carboxylic acids is 1.